The van der Waals surface area contributed by atoms with Crippen LogP contribution in [0.1, 0.15) is 32.8 Å². The molecule has 0 radical (unpaired) electrons. The van der Waals surface area contributed by atoms with E-state index in [4.69, 9.17) is 26.1 Å². The number of hydrogen-bond donors (Lipinski definition) is 0. The van der Waals surface area contributed by atoms with E-state index in [1.165, 1.54) is 0 Å². The number of likely N-dealkylation sites (tertiary alicyclic amines) is 1. The summed E-state index contributed by atoms with van der Waals surface area (Å²) in [5.41, 5.74) is 2.40. The smallest absolute Gasteiger partial charge is 0.410 e. The zero-order valence-corrected chi connectivity index (χ0v) is 18.9. The molecule has 7 heteroatoms. The Morgan fingerprint density at radius 1 is 1.16 bits per heavy atom. The van der Waals surface area contributed by atoms with E-state index in [9.17, 15) is 4.79 Å². The van der Waals surface area contributed by atoms with Crippen LogP contribution in [0.2, 0.25) is 5.02 Å². The third kappa shape index (κ3) is 5.13. The summed E-state index contributed by atoms with van der Waals surface area (Å²) < 4.78 is 13.7. The summed E-state index contributed by atoms with van der Waals surface area (Å²) in [6, 6.07) is 16.3. The Labute approximate surface area is 187 Å². The fourth-order valence-electron chi connectivity index (χ4n) is 3.77. The molecule has 31 heavy (non-hydrogen) atoms. The van der Waals surface area contributed by atoms with E-state index in [1.54, 1.807) is 4.90 Å². The summed E-state index contributed by atoms with van der Waals surface area (Å²) in [5.74, 6) is 0.237. The number of aromatic nitrogens is 2. The number of amides is 1. The molecule has 0 bridgehead atoms. The highest BCUT2D eigenvalue weighted by Crippen LogP contribution is 2.27. The van der Waals surface area contributed by atoms with E-state index < -0.39 is 5.60 Å². The van der Waals surface area contributed by atoms with Crippen molar-refractivity contribution >= 4 is 28.7 Å². The number of ether oxygens (including phenoxy) is 2. The second kappa shape index (κ2) is 8.79. The molecule has 1 atom stereocenters. The van der Waals surface area contributed by atoms with Crippen molar-refractivity contribution in [3.05, 3.63) is 59.1 Å². The molecule has 0 aliphatic carbocycles. The van der Waals surface area contributed by atoms with Crippen molar-refractivity contribution in [2.24, 2.45) is 5.92 Å². The number of nitrogens with zero attached hydrogens (tertiary/aromatic N) is 3. The molecular formula is C24H28ClN3O3. The van der Waals surface area contributed by atoms with Crippen LogP contribution < -0.4 is 4.74 Å². The third-order valence-corrected chi connectivity index (χ3v) is 5.66. The van der Waals surface area contributed by atoms with Crippen LogP contribution in [0.25, 0.3) is 11.0 Å². The number of halogens is 1. The average Bonchev–Trinajstić information content (AvgIpc) is 3.32. The maximum atomic E-state index is 12.3. The summed E-state index contributed by atoms with van der Waals surface area (Å²) in [4.78, 5) is 18.8. The lowest BCUT2D eigenvalue weighted by Crippen LogP contribution is -2.35. The number of benzene rings is 2. The molecular weight excluding hydrogens is 414 g/mol. The predicted octanol–water partition coefficient (Wildman–Crippen LogP) is 5.37. The lowest BCUT2D eigenvalue weighted by molar-refractivity contribution is 0.0284. The van der Waals surface area contributed by atoms with Gasteiger partial charge in [-0.2, -0.15) is 4.98 Å². The van der Waals surface area contributed by atoms with Gasteiger partial charge in [-0.25, -0.2) is 4.79 Å². The summed E-state index contributed by atoms with van der Waals surface area (Å²) in [6.07, 6.45) is 0.616. The van der Waals surface area contributed by atoms with Gasteiger partial charge in [-0.15, -0.1) is 0 Å². The first-order valence-electron chi connectivity index (χ1n) is 10.6. The summed E-state index contributed by atoms with van der Waals surface area (Å²) in [5, 5.41) is 0.718. The van der Waals surface area contributed by atoms with Gasteiger partial charge in [0.25, 0.3) is 6.01 Å². The van der Waals surface area contributed by atoms with E-state index in [1.807, 2.05) is 69.3 Å². The van der Waals surface area contributed by atoms with Gasteiger partial charge in [0.05, 0.1) is 24.2 Å². The number of rotatable bonds is 5. The zero-order chi connectivity index (χ0) is 22.0. The first-order valence-corrected chi connectivity index (χ1v) is 11.0. The van der Waals surface area contributed by atoms with Crippen LogP contribution in [0.15, 0.2) is 48.5 Å². The van der Waals surface area contributed by atoms with Crippen molar-refractivity contribution in [3.8, 4) is 6.01 Å². The normalized spacial score (nSPS) is 16.6. The minimum atomic E-state index is -0.491. The monoisotopic (exact) mass is 441 g/mol. The molecule has 164 valence electrons. The van der Waals surface area contributed by atoms with Crippen LogP contribution >= 0.6 is 11.6 Å². The Morgan fingerprint density at radius 2 is 1.90 bits per heavy atom. The van der Waals surface area contributed by atoms with Gasteiger partial charge < -0.3 is 14.4 Å². The van der Waals surface area contributed by atoms with Crippen LogP contribution in [0, 0.1) is 5.92 Å². The molecule has 0 N–H and O–H groups in total. The van der Waals surface area contributed by atoms with Gasteiger partial charge in [0.15, 0.2) is 0 Å². The molecule has 0 unspecified atom stereocenters. The fourth-order valence-corrected chi connectivity index (χ4v) is 3.96. The zero-order valence-electron chi connectivity index (χ0n) is 18.2. The van der Waals surface area contributed by atoms with Crippen LogP contribution in [0.3, 0.4) is 0 Å². The molecule has 1 saturated heterocycles. The van der Waals surface area contributed by atoms with Crippen molar-refractivity contribution in [1.82, 2.24) is 14.5 Å². The fraction of sp³-hybridized carbons (Fsp3) is 0.417. The van der Waals surface area contributed by atoms with Gasteiger partial charge in [0.1, 0.15) is 5.60 Å². The van der Waals surface area contributed by atoms with E-state index in [-0.39, 0.29) is 12.0 Å². The lowest BCUT2D eigenvalue weighted by atomic mass is 10.1. The van der Waals surface area contributed by atoms with E-state index in [0.717, 1.165) is 28.0 Å². The largest absolute Gasteiger partial charge is 0.464 e. The minimum absolute atomic E-state index is 0.237. The first kappa shape index (κ1) is 21.5. The number of hydrogen-bond acceptors (Lipinski definition) is 4. The molecule has 2 heterocycles. The molecule has 2 aromatic carbocycles. The molecule has 1 aliphatic heterocycles. The third-order valence-electron chi connectivity index (χ3n) is 5.29. The molecule has 1 aromatic heterocycles. The van der Waals surface area contributed by atoms with Crippen LogP contribution in [0.5, 0.6) is 6.01 Å². The number of carbonyl (C=O) groups is 1. The van der Waals surface area contributed by atoms with Crippen molar-refractivity contribution < 1.29 is 14.3 Å². The van der Waals surface area contributed by atoms with Gasteiger partial charge in [-0.1, -0.05) is 41.9 Å². The Hall–Kier alpha value is -2.73. The van der Waals surface area contributed by atoms with Gasteiger partial charge in [-0.05, 0) is 51.0 Å². The molecule has 6 nitrogen and oxygen atoms in total. The van der Waals surface area contributed by atoms with Crippen molar-refractivity contribution in [1.29, 1.82) is 0 Å². The van der Waals surface area contributed by atoms with Gasteiger partial charge >= 0.3 is 6.09 Å². The van der Waals surface area contributed by atoms with Gasteiger partial charge in [-0.3, -0.25) is 4.57 Å². The lowest BCUT2D eigenvalue weighted by Gasteiger charge is -2.24. The molecule has 0 spiro atoms. The molecule has 1 amide bonds. The Morgan fingerprint density at radius 3 is 2.68 bits per heavy atom. The number of fused-ring (bicyclic) bond motifs is 1. The van der Waals surface area contributed by atoms with Crippen LogP contribution in [-0.2, 0) is 11.3 Å². The topological polar surface area (TPSA) is 56.6 Å². The quantitative estimate of drug-likeness (QED) is 0.533. The molecule has 4 rings (SSSR count). The Bertz CT molecular complexity index is 1070. The highest BCUT2D eigenvalue weighted by atomic mass is 35.5. The first-order chi connectivity index (χ1) is 14.8. The maximum absolute atomic E-state index is 12.3. The number of imidazole rings is 1. The summed E-state index contributed by atoms with van der Waals surface area (Å²) >= 11 is 6.39. The van der Waals surface area contributed by atoms with E-state index in [2.05, 4.69) is 4.57 Å². The van der Waals surface area contributed by atoms with Crippen molar-refractivity contribution in [3.63, 3.8) is 0 Å². The highest BCUT2D eigenvalue weighted by Gasteiger charge is 2.30. The van der Waals surface area contributed by atoms with E-state index in [0.29, 0.717) is 32.3 Å². The standard InChI is InChI=1S/C24H28ClN3O3/c1-24(2,3)31-23(29)27-13-12-17(14-27)16-30-22-26-20-10-6-7-11-21(20)28(22)15-18-8-4-5-9-19(18)25/h4-11,17H,12-16H2,1-3H3/t17-/m1/s1. The van der Waals surface area contributed by atoms with Crippen LogP contribution in [0.4, 0.5) is 4.79 Å². The molecule has 3 aromatic rings. The molecule has 1 fully saturated rings. The Kier molecular flexibility index (Phi) is 6.10. The summed E-state index contributed by atoms with van der Waals surface area (Å²) in [6.45, 7) is 8.01. The second-order valence-corrected chi connectivity index (χ2v) is 9.36. The van der Waals surface area contributed by atoms with E-state index >= 15 is 0 Å². The van der Waals surface area contributed by atoms with Crippen molar-refractivity contribution in [2.45, 2.75) is 39.3 Å². The predicted molar refractivity (Wildman–Crippen MR) is 122 cm³/mol. The summed E-state index contributed by atoms with van der Waals surface area (Å²) in [7, 11) is 0. The maximum Gasteiger partial charge on any atom is 0.410 e. The molecule has 0 saturated carbocycles. The highest BCUT2D eigenvalue weighted by molar-refractivity contribution is 6.31. The molecule has 1 aliphatic rings. The average molecular weight is 442 g/mol. The minimum Gasteiger partial charge on any atom is -0.464 e. The number of para-hydroxylation sites is 2. The van der Waals surface area contributed by atoms with Crippen molar-refractivity contribution in [2.75, 3.05) is 19.7 Å². The van der Waals surface area contributed by atoms with Gasteiger partial charge in [0.2, 0.25) is 0 Å². The second-order valence-electron chi connectivity index (χ2n) is 8.95. The SMILES string of the molecule is CC(C)(C)OC(=O)N1CC[C@@H](COc2nc3ccccc3n2Cc2ccccc2Cl)C1. The van der Waals surface area contributed by atoms with Gasteiger partial charge in [0, 0.05) is 24.0 Å². The number of carbonyl (C=O) groups excluding carboxylic acids is 1. The van der Waals surface area contributed by atoms with Crippen LogP contribution in [-0.4, -0.2) is 45.8 Å². The Balaban J connectivity index is 1.47.